The molecule has 0 amide bonds. The standard InChI is InChI=1S/C17H26N2O2/c1-14(18-12-7-13-19(2)3)21-16(20)17(10-11-17)15-8-5-4-6-9-15/h4-6,8-9,14,18H,7,10-13H2,1-3H3. The van der Waals surface area contributed by atoms with E-state index in [1.165, 1.54) is 0 Å². The Kier molecular flexibility index (Phi) is 5.37. The minimum absolute atomic E-state index is 0.0960. The van der Waals surface area contributed by atoms with Crippen LogP contribution in [-0.2, 0) is 14.9 Å². The van der Waals surface area contributed by atoms with Gasteiger partial charge in [-0.1, -0.05) is 30.3 Å². The Morgan fingerprint density at radius 1 is 1.33 bits per heavy atom. The highest BCUT2D eigenvalue weighted by Crippen LogP contribution is 2.49. The Bertz CT molecular complexity index is 455. The number of nitrogens with zero attached hydrogens (tertiary/aromatic N) is 1. The van der Waals surface area contributed by atoms with E-state index in [0.29, 0.717) is 0 Å². The average molecular weight is 290 g/mol. The molecule has 0 spiro atoms. The fourth-order valence-electron chi connectivity index (χ4n) is 2.51. The van der Waals surface area contributed by atoms with Crippen LogP contribution in [0.3, 0.4) is 0 Å². The van der Waals surface area contributed by atoms with Gasteiger partial charge in [-0.3, -0.25) is 10.1 Å². The Morgan fingerprint density at radius 2 is 2.00 bits per heavy atom. The molecule has 0 aromatic heterocycles. The molecule has 4 nitrogen and oxygen atoms in total. The summed E-state index contributed by atoms with van der Waals surface area (Å²) in [6, 6.07) is 9.96. The zero-order chi connectivity index (χ0) is 15.3. The fraction of sp³-hybridized carbons (Fsp3) is 0.588. The topological polar surface area (TPSA) is 41.6 Å². The first-order valence-electron chi connectivity index (χ1n) is 7.69. The summed E-state index contributed by atoms with van der Waals surface area (Å²) < 4.78 is 5.58. The molecule has 116 valence electrons. The lowest BCUT2D eigenvalue weighted by Crippen LogP contribution is -2.36. The summed E-state index contributed by atoms with van der Waals surface area (Å²) in [4.78, 5) is 14.6. The summed E-state index contributed by atoms with van der Waals surface area (Å²) >= 11 is 0. The molecule has 1 aliphatic rings. The number of esters is 1. The third-order valence-electron chi connectivity index (χ3n) is 3.96. The molecule has 0 aliphatic heterocycles. The molecule has 1 saturated carbocycles. The molecule has 2 rings (SSSR count). The van der Waals surface area contributed by atoms with E-state index >= 15 is 0 Å². The van der Waals surface area contributed by atoms with E-state index in [4.69, 9.17) is 4.74 Å². The molecular formula is C17H26N2O2. The van der Waals surface area contributed by atoms with Crippen molar-refractivity contribution in [1.82, 2.24) is 10.2 Å². The molecule has 4 heteroatoms. The van der Waals surface area contributed by atoms with E-state index in [2.05, 4.69) is 24.3 Å². The van der Waals surface area contributed by atoms with Gasteiger partial charge in [-0.15, -0.1) is 0 Å². The summed E-state index contributed by atoms with van der Waals surface area (Å²) in [5.74, 6) is -0.0960. The van der Waals surface area contributed by atoms with Crippen LogP contribution >= 0.6 is 0 Å². The molecule has 0 heterocycles. The molecule has 1 N–H and O–H groups in total. The second-order valence-electron chi connectivity index (χ2n) is 6.11. The Balaban J connectivity index is 1.79. The van der Waals surface area contributed by atoms with Gasteiger partial charge >= 0.3 is 5.97 Å². The van der Waals surface area contributed by atoms with Crippen LogP contribution < -0.4 is 5.32 Å². The van der Waals surface area contributed by atoms with Crippen molar-refractivity contribution < 1.29 is 9.53 Å². The summed E-state index contributed by atoms with van der Waals surface area (Å²) in [7, 11) is 4.11. The highest BCUT2D eigenvalue weighted by atomic mass is 16.6. The van der Waals surface area contributed by atoms with Gasteiger partial charge in [-0.05, 0) is 58.9 Å². The molecule has 1 atom stereocenters. The molecular weight excluding hydrogens is 264 g/mol. The maximum atomic E-state index is 12.4. The van der Waals surface area contributed by atoms with Gasteiger partial charge in [0.25, 0.3) is 0 Å². The molecule has 0 radical (unpaired) electrons. The van der Waals surface area contributed by atoms with Crippen molar-refractivity contribution in [2.45, 2.75) is 37.8 Å². The summed E-state index contributed by atoms with van der Waals surface area (Å²) in [6.07, 6.45) is 2.59. The van der Waals surface area contributed by atoms with Gasteiger partial charge in [0.1, 0.15) is 0 Å². The molecule has 1 aromatic rings. The maximum absolute atomic E-state index is 12.4. The monoisotopic (exact) mass is 290 g/mol. The zero-order valence-electron chi connectivity index (χ0n) is 13.3. The Morgan fingerprint density at radius 3 is 2.57 bits per heavy atom. The Hall–Kier alpha value is -1.39. The number of hydrogen-bond donors (Lipinski definition) is 1. The third-order valence-corrected chi connectivity index (χ3v) is 3.96. The number of benzene rings is 1. The lowest BCUT2D eigenvalue weighted by atomic mass is 9.96. The second-order valence-corrected chi connectivity index (χ2v) is 6.11. The predicted octanol–water partition coefficient (Wildman–Crippen LogP) is 2.15. The van der Waals surface area contributed by atoms with Crippen LogP contribution in [-0.4, -0.2) is 44.3 Å². The van der Waals surface area contributed by atoms with E-state index in [1.807, 2.05) is 37.3 Å². The minimum atomic E-state index is -0.388. The van der Waals surface area contributed by atoms with Gasteiger partial charge in [0.15, 0.2) is 6.23 Å². The fourth-order valence-corrected chi connectivity index (χ4v) is 2.51. The van der Waals surface area contributed by atoms with E-state index in [1.54, 1.807) is 0 Å². The number of carbonyl (C=O) groups is 1. The largest absolute Gasteiger partial charge is 0.446 e. The van der Waals surface area contributed by atoms with E-state index < -0.39 is 0 Å². The van der Waals surface area contributed by atoms with Crippen LogP contribution in [0.5, 0.6) is 0 Å². The van der Waals surface area contributed by atoms with E-state index in [9.17, 15) is 4.79 Å². The van der Waals surface area contributed by atoms with Crippen LogP contribution in [0.25, 0.3) is 0 Å². The lowest BCUT2D eigenvalue weighted by Gasteiger charge is -2.20. The molecule has 0 saturated heterocycles. The summed E-state index contributed by atoms with van der Waals surface area (Å²) in [5.41, 5.74) is 0.690. The smallest absolute Gasteiger partial charge is 0.318 e. The number of carbonyl (C=O) groups excluding carboxylic acids is 1. The number of hydrogen-bond acceptors (Lipinski definition) is 4. The second kappa shape index (κ2) is 7.05. The van der Waals surface area contributed by atoms with Crippen molar-refractivity contribution in [3.05, 3.63) is 35.9 Å². The van der Waals surface area contributed by atoms with Crippen LogP contribution in [0, 0.1) is 0 Å². The van der Waals surface area contributed by atoms with Crippen molar-refractivity contribution in [3.8, 4) is 0 Å². The Labute approximate surface area is 127 Å². The van der Waals surface area contributed by atoms with Gasteiger partial charge in [-0.25, -0.2) is 0 Å². The van der Waals surface area contributed by atoms with E-state index in [-0.39, 0.29) is 17.6 Å². The molecule has 1 aliphatic carbocycles. The van der Waals surface area contributed by atoms with Crippen molar-refractivity contribution in [3.63, 3.8) is 0 Å². The van der Waals surface area contributed by atoms with Crippen LogP contribution in [0.15, 0.2) is 30.3 Å². The van der Waals surface area contributed by atoms with Crippen LogP contribution in [0.2, 0.25) is 0 Å². The molecule has 0 bridgehead atoms. The van der Waals surface area contributed by atoms with Crippen LogP contribution in [0.4, 0.5) is 0 Å². The molecule has 1 fully saturated rings. The SMILES string of the molecule is CC(NCCCN(C)C)OC(=O)C1(c2ccccc2)CC1. The lowest BCUT2D eigenvalue weighted by molar-refractivity contribution is -0.152. The molecule has 1 aromatic carbocycles. The van der Waals surface area contributed by atoms with Crippen molar-refractivity contribution in [1.29, 1.82) is 0 Å². The minimum Gasteiger partial charge on any atom is -0.446 e. The van der Waals surface area contributed by atoms with Crippen LogP contribution in [0.1, 0.15) is 31.7 Å². The maximum Gasteiger partial charge on any atom is 0.318 e. The van der Waals surface area contributed by atoms with Gasteiger partial charge in [0.2, 0.25) is 0 Å². The zero-order valence-corrected chi connectivity index (χ0v) is 13.3. The van der Waals surface area contributed by atoms with Crippen molar-refractivity contribution >= 4 is 5.97 Å². The first-order chi connectivity index (χ1) is 10.0. The average Bonchev–Trinajstić information content (AvgIpc) is 3.26. The molecule has 21 heavy (non-hydrogen) atoms. The van der Waals surface area contributed by atoms with Crippen molar-refractivity contribution in [2.24, 2.45) is 0 Å². The summed E-state index contributed by atoms with van der Waals surface area (Å²) in [6.45, 7) is 3.78. The normalized spacial score (nSPS) is 17.5. The predicted molar refractivity (Wildman–Crippen MR) is 84.1 cm³/mol. The van der Waals surface area contributed by atoms with Gasteiger partial charge in [0.05, 0.1) is 5.41 Å². The number of ether oxygens (including phenoxy) is 1. The van der Waals surface area contributed by atoms with Crippen molar-refractivity contribution in [2.75, 3.05) is 27.2 Å². The summed E-state index contributed by atoms with van der Waals surface area (Å²) in [5, 5.41) is 3.25. The number of rotatable bonds is 8. The van der Waals surface area contributed by atoms with E-state index in [0.717, 1.165) is 37.9 Å². The first kappa shape index (κ1) is 16.0. The number of nitrogens with one attached hydrogen (secondary N) is 1. The first-order valence-corrected chi connectivity index (χ1v) is 7.69. The quantitative estimate of drug-likeness (QED) is 0.452. The highest BCUT2D eigenvalue weighted by molar-refractivity contribution is 5.86. The van der Waals surface area contributed by atoms with Gasteiger partial charge < -0.3 is 9.64 Å². The van der Waals surface area contributed by atoms with Gasteiger partial charge in [-0.2, -0.15) is 0 Å². The van der Waals surface area contributed by atoms with Gasteiger partial charge in [0, 0.05) is 0 Å². The third kappa shape index (κ3) is 4.29. The molecule has 1 unspecified atom stereocenters. The highest BCUT2D eigenvalue weighted by Gasteiger charge is 2.53.